The third kappa shape index (κ3) is 2.72. The number of nitrogens with zero attached hydrogens (tertiary/aromatic N) is 1. The summed E-state index contributed by atoms with van der Waals surface area (Å²) >= 11 is 0. The Morgan fingerprint density at radius 1 is 1.44 bits per heavy atom. The highest BCUT2D eigenvalue weighted by molar-refractivity contribution is 5.95. The number of hydrogen-bond acceptors (Lipinski definition) is 2. The van der Waals surface area contributed by atoms with Gasteiger partial charge in [-0.15, -0.1) is 0 Å². The molecule has 3 heteroatoms. The van der Waals surface area contributed by atoms with Crippen LogP contribution < -0.4 is 5.32 Å². The minimum atomic E-state index is 0.130. The van der Waals surface area contributed by atoms with Crippen molar-refractivity contribution in [2.75, 3.05) is 20.1 Å². The van der Waals surface area contributed by atoms with Crippen LogP contribution in [0.2, 0.25) is 0 Å². The number of carbonyl (C=O) groups is 1. The molecular weight excluding hydrogens is 224 g/mol. The predicted octanol–water partition coefficient (Wildman–Crippen LogP) is 2.13. The lowest BCUT2D eigenvalue weighted by molar-refractivity contribution is 0.0783. The molecule has 1 saturated heterocycles. The van der Waals surface area contributed by atoms with E-state index in [1.54, 1.807) is 0 Å². The van der Waals surface area contributed by atoms with Gasteiger partial charge < -0.3 is 10.2 Å². The number of likely N-dealkylation sites (N-methyl/N-ethyl adjacent to an activating group) is 1. The van der Waals surface area contributed by atoms with Crippen molar-refractivity contribution in [3.8, 4) is 0 Å². The summed E-state index contributed by atoms with van der Waals surface area (Å²) in [6, 6.07) is 6.38. The molecule has 3 nitrogen and oxygen atoms in total. The molecule has 98 valence electrons. The smallest absolute Gasteiger partial charge is 0.253 e. The Bertz CT molecular complexity index is 436. The van der Waals surface area contributed by atoms with E-state index in [1.807, 2.05) is 44.0 Å². The van der Waals surface area contributed by atoms with Crippen LogP contribution >= 0.6 is 0 Å². The van der Waals surface area contributed by atoms with Crippen LogP contribution in [0.1, 0.15) is 34.3 Å². The fraction of sp³-hybridized carbons (Fsp3) is 0.533. The van der Waals surface area contributed by atoms with Gasteiger partial charge in [0.05, 0.1) is 0 Å². The molecule has 1 unspecified atom stereocenters. The number of carbonyl (C=O) groups excluding carboxylic acids is 1. The number of benzene rings is 1. The second-order valence-corrected chi connectivity index (χ2v) is 5.23. The molecule has 1 aliphatic heterocycles. The molecule has 1 heterocycles. The van der Waals surface area contributed by atoms with E-state index in [2.05, 4.69) is 5.32 Å². The molecule has 0 saturated carbocycles. The Morgan fingerprint density at radius 2 is 2.22 bits per heavy atom. The standard InChI is InChI=1S/C15H22N2O/c1-11-6-4-8-14(12(11)2)15(18)17(3)10-13-7-5-9-16-13/h4,6,8,13,16H,5,7,9-10H2,1-3H3. The molecule has 1 amide bonds. The first-order valence-corrected chi connectivity index (χ1v) is 6.64. The van der Waals surface area contributed by atoms with Crippen LogP contribution in [0, 0.1) is 13.8 Å². The first kappa shape index (κ1) is 13.1. The zero-order valence-electron chi connectivity index (χ0n) is 11.5. The maximum atomic E-state index is 12.4. The van der Waals surface area contributed by atoms with Gasteiger partial charge in [-0.25, -0.2) is 0 Å². The average molecular weight is 246 g/mol. The van der Waals surface area contributed by atoms with Gasteiger partial charge in [-0.3, -0.25) is 4.79 Å². The van der Waals surface area contributed by atoms with Crippen LogP contribution in [0.3, 0.4) is 0 Å². The Hall–Kier alpha value is -1.35. The molecule has 0 bridgehead atoms. The summed E-state index contributed by atoms with van der Waals surface area (Å²) in [6.45, 7) is 5.94. The molecule has 1 aromatic carbocycles. The largest absolute Gasteiger partial charge is 0.340 e. The summed E-state index contributed by atoms with van der Waals surface area (Å²) in [6.07, 6.45) is 2.39. The Morgan fingerprint density at radius 3 is 2.89 bits per heavy atom. The molecule has 1 atom stereocenters. The highest BCUT2D eigenvalue weighted by Crippen LogP contribution is 2.15. The van der Waals surface area contributed by atoms with E-state index in [0.717, 1.165) is 24.2 Å². The van der Waals surface area contributed by atoms with Crippen LogP contribution in [0.5, 0.6) is 0 Å². The molecule has 0 spiro atoms. The Balaban J connectivity index is 2.07. The molecule has 0 aromatic heterocycles. The number of aryl methyl sites for hydroxylation is 1. The van der Waals surface area contributed by atoms with Gasteiger partial charge >= 0.3 is 0 Å². The molecule has 1 N–H and O–H groups in total. The molecule has 1 fully saturated rings. The van der Waals surface area contributed by atoms with Crippen LogP contribution in [0.4, 0.5) is 0 Å². The zero-order chi connectivity index (χ0) is 13.1. The molecule has 0 radical (unpaired) electrons. The Kier molecular flexibility index (Phi) is 4.02. The maximum Gasteiger partial charge on any atom is 0.253 e. The minimum absolute atomic E-state index is 0.130. The summed E-state index contributed by atoms with van der Waals surface area (Å²) in [5.41, 5.74) is 3.09. The third-order valence-electron chi connectivity index (χ3n) is 3.84. The lowest BCUT2D eigenvalue weighted by Gasteiger charge is -2.22. The fourth-order valence-electron chi connectivity index (χ4n) is 2.51. The number of nitrogens with one attached hydrogen (secondary N) is 1. The van der Waals surface area contributed by atoms with Crippen LogP contribution in [0.15, 0.2) is 18.2 Å². The number of rotatable bonds is 3. The maximum absolute atomic E-state index is 12.4. The van der Waals surface area contributed by atoms with Gasteiger partial charge in [0, 0.05) is 25.2 Å². The highest BCUT2D eigenvalue weighted by atomic mass is 16.2. The summed E-state index contributed by atoms with van der Waals surface area (Å²) in [5.74, 6) is 0.130. The van der Waals surface area contributed by atoms with Crippen molar-refractivity contribution in [1.29, 1.82) is 0 Å². The topological polar surface area (TPSA) is 32.3 Å². The van der Waals surface area contributed by atoms with Crippen molar-refractivity contribution in [3.05, 3.63) is 34.9 Å². The van der Waals surface area contributed by atoms with Crippen molar-refractivity contribution >= 4 is 5.91 Å². The number of hydrogen-bond donors (Lipinski definition) is 1. The summed E-state index contributed by atoms with van der Waals surface area (Å²) in [4.78, 5) is 14.2. The van der Waals surface area contributed by atoms with Gasteiger partial charge in [-0.1, -0.05) is 12.1 Å². The van der Waals surface area contributed by atoms with Crippen molar-refractivity contribution in [2.24, 2.45) is 0 Å². The van der Waals surface area contributed by atoms with Gasteiger partial charge in [0.1, 0.15) is 0 Å². The van der Waals surface area contributed by atoms with Gasteiger partial charge in [0.15, 0.2) is 0 Å². The van der Waals surface area contributed by atoms with Gasteiger partial charge in [-0.2, -0.15) is 0 Å². The number of amides is 1. The van der Waals surface area contributed by atoms with E-state index in [0.29, 0.717) is 6.04 Å². The van der Waals surface area contributed by atoms with Crippen molar-refractivity contribution in [1.82, 2.24) is 10.2 Å². The zero-order valence-corrected chi connectivity index (χ0v) is 11.5. The summed E-state index contributed by atoms with van der Waals surface area (Å²) in [5, 5.41) is 3.43. The molecule has 1 aliphatic rings. The normalized spacial score (nSPS) is 18.9. The van der Waals surface area contributed by atoms with Gasteiger partial charge in [-0.05, 0) is 50.4 Å². The summed E-state index contributed by atoms with van der Waals surface area (Å²) in [7, 11) is 1.89. The first-order valence-electron chi connectivity index (χ1n) is 6.64. The van der Waals surface area contributed by atoms with Crippen LogP contribution in [-0.2, 0) is 0 Å². The second kappa shape index (κ2) is 5.53. The molecular formula is C15H22N2O. The van der Waals surface area contributed by atoms with E-state index in [-0.39, 0.29) is 5.91 Å². The van der Waals surface area contributed by atoms with Crippen molar-refractivity contribution < 1.29 is 4.79 Å². The molecule has 2 rings (SSSR count). The quantitative estimate of drug-likeness (QED) is 0.886. The van der Waals surface area contributed by atoms with Gasteiger partial charge in [0.2, 0.25) is 0 Å². The summed E-state index contributed by atoms with van der Waals surface area (Å²) < 4.78 is 0. The predicted molar refractivity (Wildman–Crippen MR) is 73.9 cm³/mol. The molecule has 18 heavy (non-hydrogen) atoms. The van der Waals surface area contributed by atoms with E-state index in [1.165, 1.54) is 18.4 Å². The SMILES string of the molecule is Cc1cccc(C(=O)N(C)CC2CCCN2)c1C. The van der Waals surface area contributed by atoms with Crippen LogP contribution in [0.25, 0.3) is 0 Å². The molecule has 1 aromatic rings. The lowest BCUT2D eigenvalue weighted by Crippen LogP contribution is -2.38. The monoisotopic (exact) mass is 246 g/mol. The van der Waals surface area contributed by atoms with E-state index in [9.17, 15) is 4.79 Å². The van der Waals surface area contributed by atoms with E-state index in [4.69, 9.17) is 0 Å². The first-order chi connectivity index (χ1) is 8.59. The molecule has 0 aliphatic carbocycles. The van der Waals surface area contributed by atoms with Gasteiger partial charge in [0.25, 0.3) is 5.91 Å². The van der Waals surface area contributed by atoms with E-state index >= 15 is 0 Å². The van der Waals surface area contributed by atoms with Crippen LogP contribution in [-0.4, -0.2) is 37.0 Å². The lowest BCUT2D eigenvalue weighted by atomic mass is 10.0. The van der Waals surface area contributed by atoms with E-state index < -0.39 is 0 Å². The average Bonchev–Trinajstić information content (AvgIpc) is 2.84. The highest BCUT2D eigenvalue weighted by Gasteiger charge is 2.20. The van der Waals surface area contributed by atoms with Crippen molar-refractivity contribution in [2.45, 2.75) is 32.7 Å². The Labute approximate surface area is 109 Å². The second-order valence-electron chi connectivity index (χ2n) is 5.23. The third-order valence-corrected chi connectivity index (χ3v) is 3.84. The fourth-order valence-corrected chi connectivity index (χ4v) is 2.51. The minimum Gasteiger partial charge on any atom is -0.340 e. The van der Waals surface area contributed by atoms with Crippen molar-refractivity contribution in [3.63, 3.8) is 0 Å².